The van der Waals surface area contributed by atoms with Crippen LogP contribution >= 0.6 is 11.3 Å². The molecule has 1 fully saturated rings. The van der Waals surface area contributed by atoms with Gasteiger partial charge in [-0.25, -0.2) is 9.78 Å². The van der Waals surface area contributed by atoms with Crippen LogP contribution in [0.1, 0.15) is 11.4 Å². The number of thiazole rings is 1. The maximum atomic E-state index is 13.0. The van der Waals surface area contributed by atoms with Gasteiger partial charge in [-0.1, -0.05) is 0 Å². The zero-order chi connectivity index (χ0) is 15.7. The van der Waals surface area contributed by atoms with Crippen molar-refractivity contribution in [2.75, 3.05) is 13.1 Å². The molecule has 0 radical (unpaired) electrons. The van der Waals surface area contributed by atoms with Gasteiger partial charge in [-0.15, -0.1) is 11.3 Å². The number of alkyl halides is 3. The molecule has 21 heavy (non-hydrogen) atoms. The average Bonchev–Trinajstić information content (AvgIpc) is 3.04. The quantitative estimate of drug-likeness (QED) is 0.887. The first-order valence-electron chi connectivity index (χ1n) is 5.97. The van der Waals surface area contributed by atoms with Crippen LogP contribution in [0.25, 0.3) is 0 Å². The molecule has 1 aliphatic rings. The van der Waals surface area contributed by atoms with Crippen molar-refractivity contribution < 1.29 is 27.9 Å². The first-order valence-corrected chi connectivity index (χ1v) is 6.85. The lowest BCUT2D eigenvalue weighted by molar-refractivity contribution is -0.226. The molecule has 0 aromatic carbocycles. The fraction of sp³-hybridized carbons (Fsp3) is 0.545. The van der Waals surface area contributed by atoms with Crippen LogP contribution in [0.4, 0.5) is 18.0 Å². The lowest BCUT2D eigenvalue weighted by atomic mass is 9.86. The number of carbonyl (C=O) groups is 2. The van der Waals surface area contributed by atoms with Gasteiger partial charge < -0.3 is 15.3 Å². The second-order valence-electron chi connectivity index (χ2n) is 4.64. The number of hydrogen-bond donors (Lipinski definition) is 2. The third-order valence-corrected chi connectivity index (χ3v) is 4.16. The van der Waals surface area contributed by atoms with Crippen LogP contribution in [0.3, 0.4) is 0 Å². The van der Waals surface area contributed by atoms with Gasteiger partial charge in [0, 0.05) is 24.7 Å². The molecular weight excluding hydrogens is 311 g/mol. The zero-order valence-corrected chi connectivity index (χ0v) is 11.5. The Hall–Kier alpha value is -1.84. The number of halogens is 3. The van der Waals surface area contributed by atoms with E-state index < -0.39 is 36.6 Å². The first-order chi connectivity index (χ1) is 9.76. The predicted octanol–water partition coefficient (Wildman–Crippen LogP) is 1.69. The van der Waals surface area contributed by atoms with Crippen molar-refractivity contribution >= 4 is 23.3 Å². The summed E-state index contributed by atoms with van der Waals surface area (Å²) in [5, 5.41) is 13.6. The van der Waals surface area contributed by atoms with E-state index in [1.807, 2.05) is 0 Å². The zero-order valence-electron chi connectivity index (χ0n) is 10.7. The van der Waals surface area contributed by atoms with E-state index in [9.17, 15) is 22.8 Å². The van der Waals surface area contributed by atoms with Gasteiger partial charge in [0.05, 0.1) is 6.54 Å². The fourth-order valence-corrected chi connectivity index (χ4v) is 2.67. The number of aliphatic carboxylic acids is 1. The van der Waals surface area contributed by atoms with E-state index in [-0.39, 0.29) is 13.1 Å². The molecule has 2 N–H and O–H groups in total. The van der Waals surface area contributed by atoms with E-state index in [2.05, 4.69) is 10.3 Å². The number of likely N-dealkylation sites (tertiary alicyclic amines) is 1. The highest BCUT2D eigenvalue weighted by Crippen LogP contribution is 2.45. The van der Waals surface area contributed by atoms with E-state index >= 15 is 0 Å². The number of carboxylic acids is 1. The maximum Gasteiger partial charge on any atom is 0.406 e. The van der Waals surface area contributed by atoms with Crippen molar-refractivity contribution in [3.63, 3.8) is 0 Å². The standard InChI is InChI=1S/C11H12F3N3O3S/c12-11(13,14)10(8(18)19)1-3-17(6-10)9(20)16-5-7-15-2-4-21-7/h2,4H,1,3,5-6H2,(H,16,20)(H,18,19). The number of carboxylic acid groups (broad SMARTS) is 1. The molecule has 2 rings (SSSR count). The minimum Gasteiger partial charge on any atom is -0.481 e. The molecular formula is C11H12F3N3O3S. The van der Waals surface area contributed by atoms with Crippen molar-refractivity contribution in [3.8, 4) is 0 Å². The van der Waals surface area contributed by atoms with Crippen LogP contribution < -0.4 is 5.32 Å². The molecule has 116 valence electrons. The van der Waals surface area contributed by atoms with E-state index in [1.165, 1.54) is 11.3 Å². The molecule has 1 aromatic heterocycles. The number of rotatable bonds is 3. The number of urea groups is 1. The SMILES string of the molecule is O=C(NCc1nccs1)N1CCC(C(=O)O)(C(F)(F)F)C1. The highest BCUT2D eigenvalue weighted by molar-refractivity contribution is 7.09. The smallest absolute Gasteiger partial charge is 0.406 e. The second kappa shape index (κ2) is 5.51. The molecule has 0 saturated carbocycles. The predicted molar refractivity (Wildman–Crippen MR) is 66.7 cm³/mol. The normalized spacial score (nSPS) is 22.3. The number of carbonyl (C=O) groups excluding carboxylic acids is 1. The average molecular weight is 323 g/mol. The molecule has 6 nitrogen and oxygen atoms in total. The Balaban J connectivity index is 2.00. The van der Waals surface area contributed by atoms with Crippen LogP contribution in [-0.2, 0) is 11.3 Å². The summed E-state index contributed by atoms with van der Waals surface area (Å²) in [4.78, 5) is 27.6. The van der Waals surface area contributed by atoms with Gasteiger partial charge in [0.1, 0.15) is 5.01 Å². The molecule has 1 saturated heterocycles. The topological polar surface area (TPSA) is 82.5 Å². The number of amides is 2. The third-order valence-electron chi connectivity index (χ3n) is 3.38. The lowest BCUT2D eigenvalue weighted by Gasteiger charge is -2.27. The van der Waals surface area contributed by atoms with E-state index in [1.54, 1.807) is 11.6 Å². The second-order valence-corrected chi connectivity index (χ2v) is 5.62. The van der Waals surface area contributed by atoms with Crippen molar-refractivity contribution in [2.45, 2.75) is 19.1 Å². The molecule has 10 heteroatoms. The Labute approximate surface area is 121 Å². The van der Waals surface area contributed by atoms with E-state index in [4.69, 9.17) is 5.11 Å². The minimum atomic E-state index is -4.90. The largest absolute Gasteiger partial charge is 0.481 e. The molecule has 1 aromatic rings. The Morgan fingerprint density at radius 1 is 1.52 bits per heavy atom. The number of nitrogens with one attached hydrogen (secondary N) is 1. The fourth-order valence-electron chi connectivity index (χ4n) is 2.11. The molecule has 1 aliphatic heterocycles. The summed E-state index contributed by atoms with van der Waals surface area (Å²) in [5.41, 5.74) is -2.88. The molecule has 0 bridgehead atoms. The van der Waals surface area contributed by atoms with Crippen molar-refractivity contribution in [3.05, 3.63) is 16.6 Å². The van der Waals surface area contributed by atoms with Gasteiger partial charge in [-0.3, -0.25) is 4.79 Å². The molecule has 2 amide bonds. The maximum absolute atomic E-state index is 13.0. The summed E-state index contributed by atoms with van der Waals surface area (Å²) in [5.74, 6) is -1.95. The molecule has 2 heterocycles. The van der Waals surface area contributed by atoms with Crippen LogP contribution in [0, 0.1) is 5.41 Å². The summed E-state index contributed by atoms with van der Waals surface area (Å²) in [6, 6.07) is -0.724. The Kier molecular flexibility index (Phi) is 4.08. The van der Waals surface area contributed by atoms with Crippen molar-refractivity contribution in [1.82, 2.24) is 15.2 Å². The molecule has 0 spiro atoms. The van der Waals surface area contributed by atoms with Crippen molar-refractivity contribution in [1.29, 1.82) is 0 Å². The number of aromatic nitrogens is 1. The summed E-state index contributed by atoms with van der Waals surface area (Å²) >= 11 is 1.30. The van der Waals surface area contributed by atoms with E-state index in [0.29, 0.717) is 5.01 Å². The highest BCUT2D eigenvalue weighted by atomic mass is 32.1. The molecule has 0 aliphatic carbocycles. The van der Waals surface area contributed by atoms with Crippen molar-refractivity contribution in [2.24, 2.45) is 5.41 Å². The van der Waals surface area contributed by atoms with Crippen LogP contribution in [0.15, 0.2) is 11.6 Å². The Morgan fingerprint density at radius 2 is 2.24 bits per heavy atom. The Bertz CT molecular complexity index is 535. The monoisotopic (exact) mass is 323 g/mol. The van der Waals surface area contributed by atoms with Gasteiger partial charge in [-0.05, 0) is 6.42 Å². The minimum absolute atomic E-state index is 0.0963. The van der Waals surface area contributed by atoms with Gasteiger partial charge in [-0.2, -0.15) is 13.2 Å². The van der Waals surface area contributed by atoms with Gasteiger partial charge in [0.25, 0.3) is 0 Å². The number of hydrogen-bond acceptors (Lipinski definition) is 4. The Morgan fingerprint density at radius 3 is 2.71 bits per heavy atom. The molecule has 1 unspecified atom stereocenters. The van der Waals surface area contributed by atoms with Gasteiger partial charge in [0.15, 0.2) is 5.41 Å². The van der Waals surface area contributed by atoms with Crippen LogP contribution in [-0.4, -0.2) is 46.3 Å². The summed E-state index contributed by atoms with van der Waals surface area (Å²) < 4.78 is 38.9. The lowest BCUT2D eigenvalue weighted by Crippen LogP contribution is -2.48. The van der Waals surface area contributed by atoms with Crippen LogP contribution in [0.5, 0.6) is 0 Å². The van der Waals surface area contributed by atoms with Crippen LogP contribution in [0.2, 0.25) is 0 Å². The highest BCUT2D eigenvalue weighted by Gasteiger charge is 2.64. The number of nitrogens with zero attached hydrogens (tertiary/aromatic N) is 2. The third kappa shape index (κ3) is 2.94. The van der Waals surface area contributed by atoms with E-state index in [0.717, 1.165) is 4.90 Å². The molecule has 1 atom stereocenters. The first kappa shape index (κ1) is 15.5. The van der Waals surface area contributed by atoms with Gasteiger partial charge >= 0.3 is 18.2 Å². The summed E-state index contributed by atoms with van der Waals surface area (Å²) in [6.45, 7) is -1.04. The van der Waals surface area contributed by atoms with Gasteiger partial charge in [0.2, 0.25) is 0 Å². The summed E-state index contributed by atoms with van der Waals surface area (Å²) in [6.07, 6.45) is -4.00. The summed E-state index contributed by atoms with van der Waals surface area (Å²) in [7, 11) is 0.